The average Bonchev–Trinajstić information content (AvgIpc) is 2.88. The molecule has 1 aromatic carbocycles. The number of hydrogen-bond acceptors (Lipinski definition) is 7. The molecule has 1 spiro atoms. The number of benzene rings is 1. The molecule has 1 saturated heterocycles. The Kier molecular flexibility index (Phi) is 4.70. The van der Waals surface area contributed by atoms with Crippen molar-refractivity contribution in [2.24, 2.45) is 5.41 Å². The highest BCUT2D eigenvalue weighted by molar-refractivity contribution is 6.05. The lowest BCUT2D eigenvalue weighted by Crippen LogP contribution is -2.37. The van der Waals surface area contributed by atoms with E-state index in [9.17, 15) is 9.59 Å². The van der Waals surface area contributed by atoms with E-state index < -0.39 is 5.41 Å². The Hall–Kier alpha value is -3.03. The Labute approximate surface area is 163 Å². The van der Waals surface area contributed by atoms with Crippen LogP contribution in [0.1, 0.15) is 49.9 Å². The van der Waals surface area contributed by atoms with Crippen LogP contribution in [0.5, 0.6) is 0 Å². The largest absolute Gasteiger partial charge is 0.368 e. The molecule has 8 heteroatoms. The normalized spacial score (nSPS) is 18.7. The summed E-state index contributed by atoms with van der Waals surface area (Å²) in [5.74, 6) is 0.392. The van der Waals surface area contributed by atoms with Crippen LogP contribution in [0.25, 0.3) is 0 Å². The lowest BCUT2D eigenvalue weighted by atomic mass is 9.73. The number of carbonyl (C=O) groups is 2. The fraction of sp³-hybridized carbons (Fsp3) is 0.450. The molecule has 2 aliphatic rings. The number of aromatic nitrogens is 3. The van der Waals surface area contributed by atoms with E-state index in [1.165, 1.54) is 4.90 Å². The van der Waals surface area contributed by atoms with Crippen LogP contribution in [0.3, 0.4) is 0 Å². The van der Waals surface area contributed by atoms with E-state index >= 15 is 0 Å². The summed E-state index contributed by atoms with van der Waals surface area (Å²) in [6.45, 7) is 2.03. The predicted molar refractivity (Wildman–Crippen MR) is 104 cm³/mol. The fourth-order valence-corrected chi connectivity index (χ4v) is 4.11. The molecule has 3 N–H and O–H groups in total. The van der Waals surface area contributed by atoms with E-state index in [0.29, 0.717) is 12.2 Å². The van der Waals surface area contributed by atoms with Crippen molar-refractivity contribution in [1.82, 2.24) is 19.9 Å². The third kappa shape index (κ3) is 3.54. The molecule has 0 bridgehead atoms. The molecule has 1 aliphatic carbocycles. The minimum atomic E-state index is -0.517. The highest BCUT2D eigenvalue weighted by Gasteiger charge is 2.51. The van der Waals surface area contributed by atoms with Crippen LogP contribution >= 0.6 is 0 Å². The van der Waals surface area contributed by atoms with Crippen molar-refractivity contribution in [2.45, 2.75) is 52.0 Å². The van der Waals surface area contributed by atoms with Crippen molar-refractivity contribution in [2.75, 3.05) is 11.1 Å². The van der Waals surface area contributed by atoms with Gasteiger partial charge >= 0.3 is 0 Å². The van der Waals surface area contributed by atoms with Gasteiger partial charge in [0.25, 0.3) is 0 Å². The van der Waals surface area contributed by atoms with Crippen LogP contribution in [-0.4, -0.2) is 31.7 Å². The predicted octanol–water partition coefficient (Wildman–Crippen LogP) is 2.72. The summed E-state index contributed by atoms with van der Waals surface area (Å²) in [4.78, 5) is 39.4. The monoisotopic (exact) mass is 380 g/mol. The van der Waals surface area contributed by atoms with Crippen molar-refractivity contribution in [3.63, 3.8) is 0 Å². The highest BCUT2D eigenvalue weighted by Crippen LogP contribution is 2.45. The van der Waals surface area contributed by atoms with Crippen LogP contribution < -0.4 is 11.1 Å². The number of aryl methyl sites for hydroxylation is 1. The Morgan fingerprint density at radius 2 is 1.79 bits per heavy atom. The number of nitrogens with zero attached hydrogens (tertiary/aromatic N) is 4. The van der Waals surface area contributed by atoms with Crippen molar-refractivity contribution in [3.8, 4) is 0 Å². The Morgan fingerprint density at radius 3 is 2.50 bits per heavy atom. The molecule has 1 saturated carbocycles. The molecule has 0 radical (unpaired) electrons. The van der Waals surface area contributed by atoms with Crippen LogP contribution in [0.15, 0.2) is 24.3 Å². The number of hydrogen-bond donors (Lipinski definition) is 2. The first-order valence-electron chi connectivity index (χ1n) is 9.64. The maximum Gasteiger partial charge on any atom is 0.236 e. The number of amides is 2. The standard InChI is InChI=1S/C20H24N6O2/c1-13-5-7-14(8-6-13)22-19-24-15(23-18(21)25-19)12-26-16(27)11-20(17(26)28)9-3-2-4-10-20/h5-8H,2-4,9-12H2,1H3,(H3,21,22,23,24,25). The second kappa shape index (κ2) is 7.18. The van der Waals surface area contributed by atoms with Crippen LogP contribution in [0, 0.1) is 12.3 Å². The Balaban J connectivity index is 1.53. The molecule has 1 aliphatic heterocycles. The molecule has 0 unspecified atom stereocenters. The average molecular weight is 380 g/mol. The van der Waals surface area contributed by atoms with Gasteiger partial charge in [-0.2, -0.15) is 15.0 Å². The van der Waals surface area contributed by atoms with E-state index in [2.05, 4.69) is 20.3 Å². The molecule has 146 valence electrons. The molecule has 8 nitrogen and oxygen atoms in total. The summed E-state index contributed by atoms with van der Waals surface area (Å²) in [5, 5.41) is 3.09. The minimum Gasteiger partial charge on any atom is -0.368 e. The number of anilines is 3. The number of likely N-dealkylation sites (tertiary alicyclic amines) is 1. The summed E-state index contributed by atoms with van der Waals surface area (Å²) in [7, 11) is 0. The summed E-state index contributed by atoms with van der Waals surface area (Å²) < 4.78 is 0. The third-order valence-corrected chi connectivity index (χ3v) is 5.61. The minimum absolute atomic E-state index is 0.0225. The zero-order valence-corrected chi connectivity index (χ0v) is 15.9. The maximum absolute atomic E-state index is 13.0. The molecule has 2 amide bonds. The first-order chi connectivity index (χ1) is 13.4. The highest BCUT2D eigenvalue weighted by atomic mass is 16.2. The van der Waals surface area contributed by atoms with Crippen LogP contribution in [0.4, 0.5) is 17.6 Å². The van der Waals surface area contributed by atoms with Gasteiger partial charge in [0.1, 0.15) is 0 Å². The second-order valence-electron chi connectivity index (χ2n) is 7.73. The maximum atomic E-state index is 13.0. The summed E-state index contributed by atoms with van der Waals surface area (Å²) in [6.07, 6.45) is 4.98. The zero-order valence-electron chi connectivity index (χ0n) is 15.9. The van der Waals surface area contributed by atoms with Gasteiger partial charge < -0.3 is 11.1 Å². The lowest BCUT2D eigenvalue weighted by Gasteiger charge is -2.30. The van der Waals surface area contributed by atoms with Gasteiger partial charge in [-0.3, -0.25) is 14.5 Å². The van der Waals surface area contributed by atoms with Crippen LogP contribution in [-0.2, 0) is 16.1 Å². The zero-order chi connectivity index (χ0) is 19.7. The molecule has 28 heavy (non-hydrogen) atoms. The van der Waals surface area contributed by atoms with E-state index in [1.54, 1.807) is 0 Å². The van der Waals surface area contributed by atoms with Gasteiger partial charge in [0.05, 0.1) is 12.0 Å². The molecular weight excluding hydrogens is 356 g/mol. The van der Waals surface area contributed by atoms with Gasteiger partial charge in [0, 0.05) is 12.1 Å². The molecule has 2 aromatic rings. The van der Waals surface area contributed by atoms with Crippen molar-refractivity contribution >= 4 is 29.4 Å². The van der Waals surface area contributed by atoms with Gasteiger partial charge in [-0.25, -0.2) is 0 Å². The Morgan fingerprint density at radius 1 is 1.07 bits per heavy atom. The smallest absolute Gasteiger partial charge is 0.236 e. The van der Waals surface area contributed by atoms with Gasteiger partial charge in [-0.15, -0.1) is 0 Å². The quantitative estimate of drug-likeness (QED) is 0.784. The number of carbonyl (C=O) groups excluding carboxylic acids is 2. The molecule has 2 heterocycles. The van der Waals surface area contributed by atoms with Gasteiger partial charge in [-0.1, -0.05) is 37.0 Å². The van der Waals surface area contributed by atoms with Gasteiger partial charge in [0.2, 0.25) is 23.7 Å². The molecule has 4 rings (SSSR count). The van der Waals surface area contributed by atoms with E-state index in [1.807, 2.05) is 31.2 Å². The van der Waals surface area contributed by atoms with Crippen LogP contribution in [0.2, 0.25) is 0 Å². The molecular formula is C20H24N6O2. The number of rotatable bonds is 4. The van der Waals surface area contributed by atoms with Gasteiger partial charge in [-0.05, 0) is 31.9 Å². The Bertz CT molecular complexity index is 905. The molecule has 1 aromatic heterocycles. The van der Waals surface area contributed by atoms with Gasteiger partial charge in [0.15, 0.2) is 5.82 Å². The molecule has 2 fully saturated rings. The first kappa shape index (κ1) is 18.3. The number of nitrogens with one attached hydrogen (secondary N) is 1. The summed E-state index contributed by atoms with van der Waals surface area (Å²) in [5.41, 5.74) is 7.27. The third-order valence-electron chi connectivity index (χ3n) is 5.61. The lowest BCUT2D eigenvalue weighted by molar-refractivity contribution is -0.143. The van der Waals surface area contributed by atoms with E-state index in [-0.39, 0.29) is 30.3 Å². The van der Waals surface area contributed by atoms with E-state index in [4.69, 9.17) is 5.73 Å². The van der Waals surface area contributed by atoms with E-state index in [0.717, 1.165) is 43.4 Å². The fourth-order valence-electron chi connectivity index (χ4n) is 4.11. The van der Waals surface area contributed by atoms with Crippen molar-refractivity contribution in [3.05, 3.63) is 35.7 Å². The molecule has 0 atom stereocenters. The SMILES string of the molecule is Cc1ccc(Nc2nc(N)nc(CN3C(=O)CC4(CCCCC4)C3=O)n2)cc1. The second-order valence-corrected chi connectivity index (χ2v) is 7.73. The number of imide groups is 1. The first-order valence-corrected chi connectivity index (χ1v) is 9.64. The number of nitrogens with two attached hydrogens (primary N) is 1. The topological polar surface area (TPSA) is 114 Å². The number of nitrogen functional groups attached to an aromatic ring is 1. The summed E-state index contributed by atoms with van der Waals surface area (Å²) in [6, 6.07) is 7.77. The summed E-state index contributed by atoms with van der Waals surface area (Å²) >= 11 is 0. The van der Waals surface area contributed by atoms with Crippen molar-refractivity contribution in [1.29, 1.82) is 0 Å². The van der Waals surface area contributed by atoms with Crippen molar-refractivity contribution < 1.29 is 9.59 Å².